The summed E-state index contributed by atoms with van der Waals surface area (Å²) in [5.41, 5.74) is 1.35. The molecular formula is C26H35ClN6O. The third-order valence-corrected chi connectivity index (χ3v) is 6.94. The first kappa shape index (κ1) is 24.6. The van der Waals surface area contributed by atoms with Crippen molar-refractivity contribution in [3.63, 3.8) is 0 Å². The Hall–Kier alpha value is -2.48. The average Bonchev–Trinajstić information content (AvgIpc) is 3.23. The molecule has 1 aromatic carbocycles. The lowest BCUT2D eigenvalue weighted by Crippen LogP contribution is -2.54. The van der Waals surface area contributed by atoms with Gasteiger partial charge in [-0.3, -0.25) is 19.2 Å². The smallest absolute Gasteiger partial charge is 0.253 e. The number of rotatable bonds is 8. The molecule has 8 heteroatoms. The molecule has 1 N–H and O–H groups in total. The minimum Gasteiger partial charge on any atom is -0.350 e. The molecule has 1 aliphatic rings. The van der Waals surface area contributed by atoms with Crippen LogP contribution in [0.25, 0.3) is 16.9 Å². The van der Waals surface area contributed by atoms with E-state index in [-0.39, 0.29) is 5.91 Å². The summed E-state index contributed by atoms with van der Waals surface area (Å²) in [5, 5.41) is 4.48. The van der Waals surface area contributed by atoms with E-state index in [4.69, 9.17) is 11.6 Å². The van der Waals surface area contributed by atoms with Gasteiger partial charge in [-0.05, 0) is 44.4 Å². The Labute approximate surface area is 207 Å². The number of amides is 1. The highest BCUT2D eigenvalue weighted by molar-refractivity contribution is 6.37. The van der Waals surface area contributed by atoms with Crippen LogP contribution in [0.5, 0.6) is 0 Å². The summed E-state index contributed by atoms with van der Waals surface area (Å²) < 4.78 is 1.83. The number of carbonyl (C=O) groups excluding carboxylic acids is 1. The van der Waals surface area contributed by atoms with E-state index in [0.717, 1.165) is 43.5 Å². The molecule has 0 radical (unpaired) electrons. The van der Waals surface area contributed by atoms with Crippen LogP contribution in [0.1, 0.15) is 44.5 Å². The van der Waals surface area contributed by atoms with Gasteiger partial charge in [0.1, 0.15) is 0 Å². The Morgan fingerprint density at radius 3 is 2.35 bits per heavy atom. The van der Waals surface area contributed by atoms with Crippen molar-refractivity contribution < 1.29 is 4.79 Å². The Kier molecular flexibility index (Phi) is 7.86. The summed E-state index contributed by atoms with van der Waals surface area (Å²) in [5.74, 6) is 0.938. The fourth-order valence-corrected chi connectivity index (χ4v) is 5.10. The van der Waals surface area contributed by atoms with Crippen LogP contribution < -0.4 is 5.32 Å². The second kappa shape index (κ2) is 10.8. The maximum Gasteiger partial charge on any atom is 0.253 e. The predicted molar refractivity (Wildman–Crippen MR) is 138 cm³/mol. The van der Waals surface area contributed by atoms with E-state index in [2.05, 4.69) is 52.8 Å². The number of hydrogen-bond donors (Lipinski definition) is 1. The van der Waals surface area contributed by atoms with Crippen LogP contribution in [-0.2, 0) is 0 Å². The maximum atomic E-state index is 13.4. The van der Waals surface area contributed by atoms with Crippen LogP contribution in [0, 0.1) is 5.92 Å². The van der Waals surface area contributed by atoms with Crippen molar-refractivity contribution in [2.75, 3.05) is 32.7 Å². The van der Waals surface area contributed by atoms with E-state index in [9.17, 15) is 4.79 Å². The first-order valence-corrected chi connectivity index (χ1v) is 12.6. The molecule has 1 unspecified atom stereocenters. The number of fused-ring (bicyclic) bond motifs is 1. The first-order valence-electron chi connectivity index (χ1n) is 12.2. The van der Waals surface area contributed by atoms with E-state index in [0.29, 0.717) is 41.1 Å². The first-order chi connectivity index (χ1) is 16.3. The number of nitrogens with one attached hydrogen (secondary N) is 1. The normalized spacial score (nSPS) is 16.4. The zero-order valence-electron chi connectivity index (χ0n) is 20.5. The lowest BCUT2D eigenvalue weighted by Gasteiger charge is -2.41. The average molecular weight is 483 g/mol. The number of benzene rings is 1. The number of aromatic nitrogens is 3. The molecule has 7 nitrogen and oxygen atoms in total. The molecule has 182 valence electrons. The lowest BCUT2D eigenvalue weighted by molar-refractivity contribution is 0.0675. The molecule has 1 fully saturated rings. The van der Waals surface area contributed by atoms with Crippen LogP contribution in [0.2, 0.25) is 5.02 Å². The van der Waals surface area contributed by atoms with Crippen molar-refractivity contribution in [3.8, 4) is 5.95 Å². The van der Waals surface area contributed by atoms with Crippen LogP contribution in [-0.4, -0.2) is 75.0 Å². The van der Waals surface area contributed by atoms with Crippen molar-refractivity contribution in [1.82, 2.24) is 29.7 Å². The van der Waals surface area contributed by atoms with E-state index in [1.54, 1.807) is 24.7 Å². The summed E-state index contributed by atoms with van der Waals surface area (Å²) >= 11 is 6.55. The van der Waals surface area contributed by atoms with Crippen molar-refractivity contribution in [3.05, 3.63) is 53.4 Å². The summed E-state index contributed by atoms with van der Waals surface area (Å²) in [6.07, 6.45) is 6.21. The monoisotopic (exact) mass is 482 g/mol. The largest absolute Gasteiger partial charge is 0.350 e. The van der Waals surface area contributed by atoms with Gasteiger partial charge in [0.2, 0.25) is 5.95 Å². The molecule has 2 aromatic heterocycles. The minimum atomic E-state index is -0.123. The molecular weight excluding hydrogens is 448 g/mol. The zero-order valence-corrected chi connectivity index (χ0v) is 21.3. The number of nitrogens with zero attached hydrogens (tertiary/aromatic N) is 5. The summed E-state index contributed by atoms with van der Waals surface area (Å²) in [4.78, 5) is 27.2. The highest BCUT2D eigenvalue weighted by Crippen LogP contribution is 2.30. The molecule has 0 bridgehead atoms. The van der Waals surface area contributed by atoms with Gasteiger partial charge < -0.3 is 5.32 Å². The molecule has 0 saturated carbocycles. The fraction of sp³-hybridized carbons (Fsp3) is 0.500. The number of carbonyl (C=O) groups is 1. The second-order valence-corrected chi connectivity index (χ2v) is 10.2. The Balaban J connectivity index is 1.54. The molecule has 3 heterocycles. The molecule has 34 heavy (non-hydrogen) atoms. The lowest BCUT2D eigenvalue weighted by atomic mass is 10.0. The van der Waals surface area contributed by atoms with Crippen molar-refractivity contribution in [2.24, 2.45) is 5.92 Å². The summed E-state index contributed by atoms with van der Waals surface area (Å²) in [7, 11) is 0. The minimum absolute atomic E-state index is 0.123. The van der Waals surface area contributed by atoms with Crippen LogP contribution in [0.15, 0.2) is 42.9 Å². The topological polar surface area (TPSA) is 66.3 Å². The Bertz CT molecular complexity index is 1110. The number of piperazine rings is 1. The van der Waals surface area contributed by atoms with Gasteiger partial charge in [0, 0.05) is 68.8 Å². The van der Waals surface area contributed by atoms with Gasteiger partial charge in [-0.2, -0.15) is 0 Å². The molecule has 0 aliphatic carbocycles. The standard InChI is InChI=1S/C26H35ClN6O/c1-18(2)15-20(32-13-11-31(12-14-32)19(3)4)16-30-25(34)21-17-33(26-28-9-6-10-29-26)23-8-5-7-22(27)24(21)23/h5-10,17-20H,11-16H2,1-4H3,(H,30,34). The van der Waals surface area contributed by atoms with Gasteiger partial charge in [-0.1, -0.05) is 31.5 Å². The van der Waals surface area contributed by atoms with Crippen molar-refractivity contribution in [1.29, 1.82) is 0 Å². The number of hydrogen-bond acceptors (Lipinski definition) is 5. The quantitative estimate of drug-likeness (QED) is 0.520. The van der Waals surface area contributed by atoms with Gasteiger partial charge in [-0.25, -0.2) is 9.97 Å². The highest BCUT2D eigenvalue weighted by Gasteiger charge is 2.27. The maximum absolute atomic E-state index is 13.4. The molecule has 1 amide bonds. The van der Waals surface area contributed by atoms with E-state index in [1.807, 2.05) is 22.8 Å². The van der Waals surface area contributed by atoms with Gasteiger partial charge >= 0.3 is 0 Å². The number of halogens is 1. The van der Waals surface area contributed by atoms with Crippen LogP contribution in [0.4, 0.5) is 0 Å². The van der Waals surface area contributed by atoms with E-state index >= 15 is 0 Å². The third-order valence-electron chi connectivity index (χ3n) is 6.63. The predicted octanol–water partition coefficient (Wildman–Crippen LogP) is 4.24. The molecule has 4 rings (SSSR count). The van der Waals surface area contributed by atoms with Crippen molar-refractivity contribution in [2.45, 2.75) is 46.2 Å². The summed E-state index contributed by atoms with van der Waals surface area (Å²) in [6.45, 7) is 13.8. The van der Waals surface area contributed by atoms with Crippen LogP contribution >= 0.6 is 11.6 Å². The molecule has 1 saturated heterocycles. The zero-order chi connectivity index (χ0) is 24.2. The molecule has 1 aliphatic heterocycles. The summed E-state index contributed by atoms with van der Waals surface area (Å²) in [6, 6.07) is 8.27. The highest BCUT2D eigenvalue weighted by atomic mass is 35.5. The van der Waals surface area contributed by atoms with Gasteiger partial charge in [0.15, 0.2) is 0 Å². The van der Waals surface area contributed by atoms with E-state index in [1.165, 1.54) is 0 Å². The Morgan fingerprint density at radius 1 is 1.03 bits per heavy atom. The van der Waals surface area contributed by atoms with Crippen LogP contribution in [0.3, 0.4) is 0 Å². The molecule has 0 spiro atoms. The van der Waals surface area contributed by atoms with Gasteiger partial charge in [0.05, 0.1) is 16.1 Å². The van der Waals surface area contributed by atoms with Crippen molar-refractivity contribution >= 4 is 28.4 Å². The molecule has 1 atom stereocenters. The van der Waals surface area contributed by atoms with E-state index < -0.39 is 0 Å². The third kappa shape index (κ3) is 5.43. The van der Waals surface area contributed by atoms with Gasteiger partial charge in [-0.15, -0.1) is 0 Å². The fourth-order valence-electron chi connectivity index (χ4n) is 4.83. The SMILES string of the molecule is CC(C)CC(CNC(=O)c1cn(-c2ncccn2)c2cccc(Cl)c12)N1CCN(C(C)C)CC1. The molecule has 3 aromatic rings. The second-order valence-electron chi connectivity index (χ2n) is 9.75. The van der Waals surface area contributed by atoms with Gasteiger partial charge in [0.25, 0.3) is 5.91 Å². The Morgan fingerprint density at radius 2 is 1.71 bits per heavy atom.